The largest absolute Gasteiger partial charge is 0.324 e. The van der Waals surface area contributed by atoms with Gasteiger partial charge in [0.25, 0.3) is 0 Å². The summed E-state index contributed by atoms with van der Waals surface area (Å²) in [5, 5.41) is 0. The maximum absolute atomic E-state index is 2.20. The number of fused-ring (bicyclic) bond motifs is 2. The van der Waals surface area contributed by atoms with Crippen LogP contribution in [-0.2, 0) is 0 Å². The molecule has 0 saturated carbocycles. The van der Waals surface area contributed by atoms with Gasteiger partial charge in [-0.3, -0.25) is 0 Å². The van der Waals surface area contributed by atoms with Crippen LogP contribution in [0.4, 0.5) is 0 Å². The minimum Gasteiger partial charge on any atom is -0.324 e. The quantitative estimate of drug-likeness (QED) is 0.610. The molecule has 72 valence electrons. The molecule has 2 aliphatic heterocycles. The van der Waals surface area contributed by atoms with Crippen molar-refractivity contribution in [1.82, 2.24) is 4.90 Å². The third kappa shape index (κ3) is 1.42. The molecule has 1 aromatic carbocycles. The lowest BCUT2D eigenvalue weighted by atomic mass is 10.1. The van der Waals surface area contributed by atoms with Gasteiger partial charge in [-0.1, -0.05) is 30.3 Å². The molecule has 1 aromatic rings. The van der Waals surface area contributed by atoms with E-state index in [1.165, 1.54) is 16.8 Å². The Labute approximate surface area is 89.3 Å². The van der Waals surface area contributed by atoms with E-state index in [0.29, 0.717) is 0 Å². The van der Waals surface area contributed by atoms with Crippen molar-refractivity contribution in [1.29, 1.82) is 0 Å². The summed E-state index contributed by atoms with van der Waals surface area (Å²) in [7, 11) is 0. The Bertz CT molecular complexity index is 504. The summed E-state index contributed by atoms with van der Waals surface area (Å²) >= 11 is 0. The van der Waals surface area contributed by atoms with Crippen LogP contribution in [0, 0.1) is 0 Å². The van der Waals surface area contributed by atoms with Crippen molar-refractivity contribution in [2.75, 3.05) is 0 Å². The average molecular weight is 193 g/mol. The molecule has 0 unspecified atom stereocenters. The predicted octanol–water partition coefficient (Wildman–Crippen LogP) is 3.40. The molecule has 0 fully saturated rings. The molecule has 0 bridgehead atoms. The van der Waals surface area contributed by atoms with E-state index in [9.17, 15) is 0 Å². The Kier molecular flexibility index (Phi) is 1.82. The topological polar surface area (TPSA) is 3.24 Å². The van der Waals surface area contributed by atoms with Gasteiger partial charge in [-0.25, -0.2) is 0 Å². The number of hydrogen-bond donors (Lipinski definition) is 0. The molecule has 0 aromatic heterocycles. The summed E-state index contributed by atoms with van der Waals surface area (Å²) in [6.07, 6.45) is 14.7. The maximum atomic E-state index is 2.20. The van der Waals surface area contributed by atoms with Gasteiger partial charge in [-0.05, 0) is 35.4 Å². The van der Waals surface area contributed by atoms with E-state index >= 15 is 0 Å². The van der Waals surface area contributed by atoms with Crippen LogP contribution >= 0.6 is 0 Å². The zero-order valence-electron chi connectivity index (χ0n) is 8.30. The van der Waals surface area contributed by atoms with Crippen molar-refractivity contribution in [3.63, 3.8) is 0 Å². The Morgan fingerprint density at radius 3 is 2.60 bits per heavy atom. The molecule has 2 heterocycles. The zero-order chi connectivity index (χ0) is 10.1. The second-order valence-corrected chi connectivity index (χ2v) is 3.62. The van der Waals surface area contributed by atoms with E-state index in [-0.39, 0.29) is 0 Å². The number of rotatable bonds is 0. The van der Waals surface area contributed by atoms with E-state index < -0.39 is 0 Å². The monoisotopic (exact) mass is 193 g/mol. The molecule has 0 atom stereocenters. The third-order valence-electron chi connectivity index (χ3n) is 2.64. The van der Waals surface area contributed by atoms with E-state index in [0.717, 1.165) is 0 Å². The molecular weight excluding hydrogens is 182 g/mol. The lowest BCUT2D eigenvalue weighted by molar-refractivity contribution is 0.657. The van der Waals surface area contributed by atoms with Gasteiger partial charge < -0.3 is 4.90 Å². The van der Waals surface area contributed by atoms with E-state index in [2.05, 4.69) is 65.9 Å². The van der Waals surface area contributed by atoms with Gasteiger partial charge in [0, 0.05) is 18.1 Å². The second-order valence-electron chi connectivity index (χ2n) is 3.62. The van der Waals surface area contributed by atoms with Gasteiger partial charge in [0.2, 0.25) is 0 Å². The molecule has 15 heavy (non-hydrogen) atoms. The van der Waals surface area contributed by atoms with Crippen LogP contribution in [-0.4, -0.2) is 4.90 Å². The summed E-state index contributed by atoms with van der Waals surface area (Å²) in [6.45, 7) is 0. The molecule has 0 saturated heterocycles. The number of benzene rings is 1. The highest BCUT2D eigenvalue weighted by atomic mass is 15.1. The normalized spacial score (nSPS) is 16.8. The summed E-state index contributed by atoms with van der Waals surface area (Å²) in [6, 6.07) is 8.41. The first kappa shape index (κ1) is 8.30. The fourth-order valence-corrected chi connectivity index (χ4v) is 1.84. The van der Waals surface area contributed by atoms with Gasteiger partial charge in [-0.2, -0.15) is 0 Å². The van der Waals surface area contributed by atoms with Crippen LogP contribution in [0.25, 0.3) is 12.2 Å². The molecule has 1 heteroatoms. The van der Waals surface area contributed by atoms with Crippen LogP contribution < -0.4 is 0 Å². The Hall–Kier alpha value is -2.02. The van der Waals surface area contributed by atoms with Crippen LogP contribution in [0.1, 0.15) is 11.1 Å². The molecule has 1 nitrogen and oxygen atoms in total. The van der Waals surface area contributed by atoms with Crippen molar-refractivity contribution >= 4 is 12.2 Å². The summed E-state index contributed by atoms with van der Waals surface area (Å²) < 4.78 is 0. The van der Waals surface area contributed by atoms with Crippen LogP contribution in [0.15, 0.2) is 60.6 Å². The summed E-state index contributed by atoms with van der Waals surface area (Å²) in [4.78, 5) is 2.12. The first-order valence-corrected chi connectivity index (χ1v) is 5.06. The van der Waals surface area contributed by atoms with E-state index in [1.54, 1.807) is 0 Å². The number of allylic oxidation sites excluding steroid dienone is 3. The first-order valence-electron chi connectivity index (χ1n) is 5.06. The molecular formula is C14H11N. The summed E-state index contributed by atoms with van der Waals surface area (Å²) in [5.41, 5.74) is 3.74. The SMILES string of the molecule is C1=CC2=Cc3ccccc3C=CN2C=C1. The highest BCUT2D eigenvalue weighted by molar-refractivity contribution is 5.70. The Morgan fingerprint density at radius 1 is 0.800 bits per heavy atom. The van der Waals surface area contributed by atoms with Crippen molar-refractivity contribution in [3.8, 4) is 0 Å². The highest BCUT2D eigenvalue weighted by Crippen LogP contribution is 2.24. The van der Waals surface area contributed by atoms with Gasteiger partial charge in [0.15, 0.2) is 0 Å². The molecule has 0 spiro atoms. The lowest BCUT2D eigenvalue weighted by Crippen LogP contribution is -2.07. The van der Waals surface area contributed by atoms with Gasteiger partial charge in [0.05, 0.1) is 0 Å². The third-order valence-corrected chi connectivity index (χ3v) is 2.64. The van der Waals surface area contributed by atoms with Gasteiger partial charge >= 0.3 is 0 Å². The van der Waals surface area contributed by atoms with Crippen molar-refractivity contribution in [2.45, 2.75) is 0 Å². The number of hydrogen-bond acceptors (Lipinski definition) is 1. The fraction of sp³-hybridized carbons (Fsp3) is 0. The molecule has 2 aliphatic rings. The first-order chi connectivity index (χ1) is 7.43. The van der Waals surface area contributed by atoms with Gasteiger partial charge in [0.1, 0.15) is 0 Å². The van der Waals surface area contributed by atoms with Crippen LogP contribution in [0.3, 0.4) is 0 Å². The van der Waals surface area contributed by atoms with Crippen molar-refractivity contribution < 1.29 is 0 Å². The zero-order valence-corrected chi connectivity index (χ0v) is 8.30. The Morgan fingerprint density at radius 2 is 1.67 bits per heavy atom. The molecule has 0 aliphatic carbocycles. The Balaban J connectivity index is 2.18. The maximum Gasteiger partial charge on any atom is 0.0455 e. The minimum absolute atomic E-state index is 1.21. The van der Waals surface area contributed by atoms with Crippen molar-refractivity contribution in [2.24, 2.45) is 0 Å². The van der Waals surface area contributed by atoms with Crippen LogP contribution in [0.2, 0.25) is 0 Å². The number of nitrogens with zero attached hydrogens (tertiary/aromatic N) is 1. The average Bonchev–Trinajstić information content (AvgIpc) is 2.48. The molecule has 0 radical (unpaired) electrons. The smallest absolute Gasteiger partial charge is 0.0455 e. The summed E-state index contributed by atoms with van der Waals surface area (Å²) in [5.74, 6) is 0. The predicted molar refractivity (Wildman–Crippen MR) is 63.6 cm³/mol. The van der Waals surface area contributed by atoms with Gasteiger partial charge in [-0.15, -0.1) is 0 Å². The van der Waals surface area contributed by atoms with Crippen LogP contribution in [0.5, 0.6) is 0 Å². The molecule has 3 rings (SSSR count). The van der Waals surface area contributed by atoms with E-state index in [1.807, 2.05) is 6.08 Å². The fourth-order valence-electron chi connectivity index (χ4n) is 1.84. The lowest BCUT2D eigenvalue weighted by Gasteiger charge is -2.17. The highest BCUT2D eigenvalue weighted by Gasteiger charge is 2.08. The molecule has 0 amide bonds. The minimum atomic E-state index is 1.21. The van der Waals surface area contributed by atoms with E-state index in [4.69, 9.17) is 0 Å². The standard InChI is InChI=1S/C14H11N/c1-2-6-13-11-14-7-3-4-9-15(14)10-8-12(13)5-1/h1-11H. The second kappa shape index (κ2) is 3.28. The van der Waals surface area contributed by atoms with Crippen molar-refractivity contribution in [3.05, 3.63) is 71.7 Å². The molecule has 0 N–H and O–H groups in total.